The fourth-order valence-corrected chi connectivity index (χ4v) is 8.28. The van der Waals surface area contributed by atoms with Gasteiger partial charge in [0, 0.05) is 32.7 Å². The molecular weight excluding hydrogens is 659 g/mol. The minimum atomic E-state index is -4.27. The first-order valence-corrected chi connectivity index (χ1v) is 18.6. The molecule has 2 aliphatic rings. The van der Waals surface area contributed by atoms with Crippen LogP contribution in [0.1, 0.15) is 61.3 Å². The Bertz CT molecular complexity index is 1280. The quantitative estimate of drug-likeness (QED) is 0.0746. The molecule has 9 N–H and O–H groups in total. The van der Waals surface area contributed by atoms with Crippen LogP contribution in [-0.2, 0) is 32.9 Å². The molecule has 1 aromatic rings. The standard InChI is InChI=1S/C31H57N8O9P/c1-9-46-28(41)22(17(3)4)37-49(44,38-23(18(5)6)29(42)47-10-2)48-16-21(45-8)25(40)31(43)19(7)20(31)15-34-24-26(32)35-30(33)36-27(24)39-13-11-12-14-39/h17-23,25,34,40,43H,9-16H2,1-8H3,(H2,37,38,44)(H4,32,33,35,36)/t19?,20?,21?,22-,23?,25?,31?,49?/m0/s1. The molecule has 7 unspecified atom stereocenters. The number of ether oxygens (including phenoxy) is 3. The number of nitrogen functional groups attached to an aromatic ring is 2. The number of rotatable bonds is 20. The molecule has 0 spiro atoms. The molecule has 0 radical (unpaired) electrons. The molecular formula is C31H57N8O9P. The van der Waals surface area contributed by atoms with Crippen molar-refractivity contribution in [3.63, 3.8) is 0 Å². The molecule has 0 bridgehead atoms. The van der Waals surface area contributed by atoms with Gasteiger partial charge in [0.15, 0.2) is 11.6 Å². The van der Waals surface area contributed by atoms with Gasteiger partial charge in [0.05, 0.1) is 19.8 Å². The Labute approximate surface area is 289 Å². The average molecular weight is 717 g/mol. The van der Waals surface area contributed by atoms with Gasteiger partial charge in [0.1, 0.15) is 35.6 Å². The van der Waals surface area contributed by atoms with Gasteiger partial charge in [-0.05, 0) is 44.4 Å². The highest BCUT2D eigenvalue weighted by atomic mass is 31.2. The van der Waals surface area contributed by atoms with E-state index in [2.05, 4.69) is 30.4 Å². The van der Waals surface area contributed by atoms with E-state index >= 15 is 0 Å². The lowest BCUT2D eigenvalue weighted by atomic mass is 10.0. The highest BCUT2D eigenvalue weighted by molar-refractivity contribution is 7.54. The van der Waals surface area contributed by atoms with Crippen molar-refractivity contribution in [2.45, 2.75) is 91.2 Å². The third-order valence-electron chi connectivity index (χ3n) is 9.24. The summed E-state index contributed by atoms with van der Waals surface area (Å²) in [5.74, 6) is -2.08. The molecule has 1 aliphatic carbocycles. The highest BCUT2D eigenvalue weighted by Crippen LogP contribution is 2.54. The minimum Gasteiger partial charge on any atom is -0.465 e. The van der Waals surface area contributed by atoms with Crippen molar-refractivity contribution in [2.24, 2.45) is 23.7 Å². The van der Waals surface area contributed by atoms with Crippen LogP contribution in [0.4, 0.5) is 23.3 Å². The molecule has 0 amide bonds. The summed E-state index contributed by atoms with van der Waals surface area (Å²) in [5, 5.41) is 31.9. The number of esters is 2. The molecule has 3 rings (SSSR count). The van der Waals surface area contributed by atoms with Gasteiger partial charge < -0.3 is 50.6 Å². The summed E-state index contributed by atoms with van der Waals surface area (Å²) >= 11 is 0. The number of aliphatic hydroxyl groups is 2. The summed E-state index contributed by atoms with van der Waals surface area (Å²) in [7, 11) is -2.95. The fourth-order valence-electron chi connectivity index (χ4n) is 6.16. The van der Waals surface area contributed by atoms with Gasteiger partial charge in [-0.1, -0.05) is 34.6 Å². The second-order valence-electron chi connectivity index (χ2n) is 13.3. The largest absolute Gasteiger partial charge is 0.465 e. The lowest BCUT2D eigenvalue weighted by Gasteiger charge is -2.33. The topological polar surface area (TPSA) is 246 Å². The maximum atomic E-state index is 14.4. The van der Waals surface area contributed by atoms with E-state index in [0.29, 0.717) is 11.5 Å². The van der Waals surface area contributed by atoms with Crippen molar-refractivity contribution in [2.75, 3.05) is 68.2 Å². The molecule has 1 saturated heterocycles. The minimum absolute atomic E-state index is 0.0600. The number of methoxy groups -OCH3 is 1. The zero-order valence-electron chi connectivity index (χ0n) is 30.0. The van der Waals surface area contributed by atoms with E-state index in [9.17, 15) is 24.4 Å². The summed E-state index contributed by atoms with van der Waals surface area (Å²) < 4.78 is 36.3. The molecule has 17 nitrogen and oxygen atoms in total. The second-order valence-corrected chi connectivity index (χ2v) is 15.2. The van der Waals surface area contributed by atoms with Crippen molar-refractivity contribution < 1.29 is 43.1 Å². The Kier molecular flexibility index (Phi) is 14.5. The molecule has 18 heteroatoms. The summed E-state index contributed by atoms with van der Waals surface area (Å²) in [6, 6.07) is -2.14. The first kappa shape index (κ1) is 40.6. The summed E-state index contributed by atoms with van der Waals surface area (Å²) in [4.78, 5) is 36.2. The van der Waals surface area contributed by atoms with Crippen LogP contribution in [0.25, 0.3) is 0 Å². The Morgan fingerprint density at radius 2 is 1.55 bits per heavy atom. The second kappa shape index (κ2) is 17.4. The summed E-state index contributed by atoms with van der Waals surface area (Å²) in [5.41, 5.74) is 11.0. The molecule has 0 aromatic carbocycles. The van der Waals surface area contributed by atoms with Gasteiger partial charge in [-0.25, -0.2) is 10.2 Å². The number of nitrogens with zero attached hydrogens (tertiary/aromatic N) is 3. The normalized spacial score (nSPS) is 24.3. The predicted octanol–water partition coefficient (Wildman–Crippen LogP) is 1.51. The molecule has 1 saturated carbocycles. The number of hydrogen-bond donors (Lipinski definition) is 7. The van der Waals surface area contributed by atoms with E-state index in [1.807, 2.05) is 0 Å². The number of nitrogens with two attached hydrogens (primary N) is 2. The Morgan fingerprint density at radius 3 is 2.02 bits per heavy atom. The van der Waals surface area contributed by atoms with E-state index in [0.717, 1.165) is 25.9 Å². The van der Waals surface area contributed by atoms with Crippen LogP contribution < -0.4 is 31.9 Å². The highest BCUT2D eigenvalue weighted by Gasteiger charge is 2.66. The number of hydrogen-bond acceptors (Lipinski definition) is 15. The van der Waals surface area contributed by atoms with Crippen LogP contribution in [0, 0.1) is 23.7 Å². The maximum absolute atomic E-state index is 14.4. The Balaban J connectivity index is 1.80. The smallest absolute Gasteiger partial charge is 0.342 e. The van der Waals surface area contributed by atoms with Crippen molar-refractivity contribution in [1.82, 2.24) is 20.1 Å². The first-order chi connectivity index (χ1) is 23.0. The first-order valence-electron chi connectivity index (χ1n) is 17.0. The number of carbonyl (C=O) groups is 2. The molecule has 1 aromatic heterocycles. The maximum Gasteiger partial charge on any atom is 0.342 e. The number of carbonyl (C=O) groups excluding carboxylic acids is 2. The monoisotopic (exact) mass is 716 g/mol. The molecule has 2 fully saturated rings. The van der Waals surface area contributed by atoms with E-state index in [1.54, 1.807) is 48.5 Å². The van der Waals surface area contributed by atoms with E-state index in [1.165, 1.54) is 7.11 Å². The third kappa shape index (κ3) is 9.72. The van der Waals surface area contributed by atoms with Crippen molar-refractivity contribution in [3.05, 3.63) is 0 Å². The Hall–Kier alpha value is -2.79. The van der Waals surface area contributed by atoms with Crippen molar-refractivity contribution in [1.29, 1.82) is 0 Å². The number of anilines is 4. The van der Waals surface area contributed by atoms with Crippen LogP contribution >= 0.6 is 7.67 Å². The number of aromatic nitrogens is 2. The summed E-state index contributed by atoms with van der Waals surface area (Å²) in [6.07, 6.45) is -0.632. The average Bonchev–Trinajstić information content (AvgIpc) is 3.35. The predicted molar refractivity (Wildman–Crippen MR) is 186 cm³/mol. The van der Waals surface area contributed by atoms with Gasteiger partial charge >= 0.3 is 19.6 Å². The fraction of sp³-hybridized carbons (Fsp3) is 0.806. The van der Waals surface area contributed by atoms with Gasteiger partial charge in [-0.15, -0.1) is 0 Å². The molecule has 280 valence electrons. The van der Waals surface area contributed by atoms with Crippen molar-refractivity contribution in [3.8, 4) is 0 Å². The van der Waals surface area contributed by atoms with Gasteiger partial charge in [0.25, 0.3) is 0 Å². The van der Waals surface area contributed by atoms with E-state index in [4.69, 9.17) is 30.2 Å². The van der Waals surface area contributed by atoms with Gasteiger partial charge in [0.2, 0.25) is 5.95 Å². The van der Waals surface area contributed by atoms with E-state index < -0.39 is 62.0 Å². The SMILES string of the molecule is CCOC(=O)C(NP(=O)(N[C@H](C(=O)OCC)C(C)C)OCC(OC)C(O)C1(O)C(C)C1CNc1c(N)nc(N)nc1N1CCCC1)C(C)C. The van der Waals surface area contributed by atoms with Gasteiger partial charge in [-0.3, -0.25) is 14.2 Å². The molecule has 1 aliphatic heterocycles. The zero-order valence-corrected chi connectivity index (χ0v) is 30.9. The summed E-state index contributed by atoms with van der Waals surface area (Å²) in [6.45, 7) is 13.6. The number of nitrogens with one attached hydrogen (secondary N) is 3. The van der Waals surface area contributed by atoms with Crippen LogP contribution in [0.15, 0.2) is 0 Å². The lowest BCUT2D eigenvalue weighted by Crippen LogP contribution is -2.49. The Morgan fingerprint density at radius 1 is 1.02 bits per heavy atom. The van der Waals surface area contributed by atoms with Gasteiger partial charge in [-0.2, -0.15) is 9.97 Å². The van der Waals surface area contributed by atoms with Crippen molar-refractivity contribution >= 4 is 42.9 Å². The van der Waals surface area contributed by atoms with Crippen LogP contribution in [0.5, 0.6) is 0 Å². The van der Waals surface area contributed by atoms with Crippen LogP contribution in [-0.4, -0.2) is 109 Å². The molecule has 49 heavy (non-hydrogen) atoms. The zero-order chi connectivity index (χ0) is 36.7. The van der Waals surface area contributed by atoms with Crippen LogP contribution in [0.3, 0.4) is 0 Å². The third-order valence-corrected chi connectivity index (χ3v) is 11.0. The van der Waals surface area contributed by atoms with Crippen LogP contribution in [0.2, 0.25) is 0 Å². The molecule has 2 heterocycles. The lowest BCUT2D eigenvalue weighted by molar-refractivity contribution is -0.146. The molecule has 8 atom stereocenters. The number of aliphatic hydroxyl groups excluding tert-OH is 1. The van der Waals surface area contributed by atoms with E-state index in [-0.39, 0.29) is 49.3 Å².